The molecule has 0 saturated heterocycles. The van der Waals surface area contributed by atoms with Gasteiger partial charge in [0.2, 0.25) is 10.0 Å². The summed E-state index contributed by atoms with van der Waals surface area (Å²) in [5, 5.41) is 6.31. The molecule has 0 aliphatic heterocycles. The summed E-state index contributed by atoms with van der Waals surface area (Å²) >= 11 is 0. The van der Waals surface area contributed by atoms with E-state index in [9.17, 15) is 8.42 Å². The lowest BCUT2D eigenvalue weighted by atomic mass is 10.1. The summed E-state index contributed by atoms with van der Waals surface area (Å²) in [6.07, 6.45) is 2.84. The first kappa shape index (κ1) is 24.7. The molecule has 9 heteroatoms. The largest absolute Gasteiger partial charge is 0.489 e. The van der Waals surface area contributed by atoms with E-state index in [0.717, 1.165) is 17.6 Å². The Morgan fingerprint density at radius 1 is 1.31 bits per heavy atom. The Morgan fingerprint density at radius 3 is 2.54 bits per heavy atom. The highest BCUT2D eigenvalue weighted by Gasteiger charge is 2.22. The van der Waals surface area contributed by atoms with Gasteiger partial charge >= 0.3 is 0 Å². The predicted molar refractivity (Wildman–Crippen MR) is 118 cm³/mol. The lowest BCUT2D eigenvalue weighted by Gasteiger charge is -2.26. The van der Waals surface area contributed by atoms with Crippen molar-refractivity contribution in [2.24, 2.45) is 4.99 Å². The van der Waals surface area contributed by atoms with Crippen LogP contribution in [0.25, 0.3) is 0 Å². The summed E-state index contributed by atoms with van der Waals surface area (Å²) in [7, 11) is -1.62. The fourth-order valence-electron chi connectivity index (χ4n) is 2.18. The monoisotopic (exact) mass is 496 g/mol. The Balaban J connectivity index is 0.00000625. The number of benzene rings is 1. The van der Waals surface area contributed by atoms with E-state index in [2.05, 4.69) is 26.9 Å². The van der Waals surface area contributed by atoms with Gasteiger partial charge in [0.15, 0.2) is 5.96 Å². The van der Waals surface area contributed by atoms with Gasteiger partial charge in [-0.05, 0) is 19.9 Å². The van der Waals surface area contributed by atoms with Crippen molar-refractivity contribution in [1.82, 2.24) is 15.4 Å². The number of nitrogens with zero attached hydrogens (tertiary/aromatic N) is 1. The molecule has 148 valence electrons. The van der Waals surface area contributed by atoms with Crippen LogP contribution >= 0.6 is 24.0 Å². The van der Waals surface area contributed by atoms with Crippen molar-refractivity contribution >= 4 is 40.0 Å². The average Bonchev–Trinajstić information content (AvgIpc) is 2.51. The zero-order chi connectivity index (χ0) is 18.9. The highest BCUT2D eigenvalue weighted by atomic mass is 127. The summed E-state index contributed by atoms with van der Waals surface area (Å²) < 4.78 is 31.0. The van der Waals surface area contributed by atoms with Crippen LogP contribution in [0.3, 0.4) is 0 Å². The maximum Gasteiger partial charge on any atom is 0.209 e. The van der Waals surface area contributed by atoms with Crippen molar-refractivity contribution in [2.45, 2.75) is 25.9 Å². The highest BCUT2D eigenvalue weighted by molar-refractivity contribution is 14.0. The van der Waals surface area contributed by atoms with E-state index < -0.39 is 15.6 Å². The smallest absolute Gasteiger partial charge is 0.209 e. The van der Waals surface area contributed by atoms with Crippen molar-refractivity contribution in [3.8, 4) is 5.75 Å². The number of para-hydroxylation sites is 1. The number of guanidine groups is 1. The Bertz CT molecular complexity index is 706. The minimum Gasteiger partial charge on any atom is -0.489 e. The van der Waals surface area contributed by atoms with Crippen LogP contribution in [0.4, 0.5) is 0 Å². The lowest BCUT2D eigenvalue weighted by molar-refractivity contribution is 0.358. The number of halogens is 1. The molecule has 0 heterocycles. The molecule has 0 fully saturated rings. The maximum absolute atomic E-state index is 11.4. The number of hydrogen-bond donors (Lipinski definition) is 3. The average molecular weight is 496 g/mol. The van der Waals surface area contributed by atoms with Crippen LogP contribution in [-0.4, -0.2) is 46.4 Å². The number of sulfonamides is 1. The SMILES string of the molecule is C=CCOc1ccccc1CNC(=NC)NCC(C)(C)NS(C)(=O)=O.I. The fraction of sp³-hybridized carbons (Fsp3) is 0.471. The van der Waals surface area contributed by atoms with E-state index in [4.69, 9.17) is 4.74 Å². The molecule has 0 spiro atoms. The Morgan fingerprint density at radius 2 is 1.96 bits per heavy atom. The second-order valence-electron chi connectivity index (χ2n) is 6.24. The van der Waals surface area contributed by atoms with Crippen molar-refractivity contribution in [1.29, 1.82) is 0 Å². The van der Waals surface area contributed by atoms with E-state index in [1.165, 1.54) is 0 Å². The van der Waals surface area contributed by atoms with Crippen molar-refractivity contribution in [2.75, 3.05) is 26.5 Å². The molecule has 0 saturated carbocycles. The molecule has 0 aliphatic carbocycles. The molecule has 0 unspecified atom stereocenters. The number of rotatable bonds is 9. The van der Waals surface area contributed by atoms with Gasteiger partial charge in [-0.2, -0.15) is 0 Å². The summed E-state index contributed by atoms with van der Waals surface area (Å²) in [6.45, 7) is 8.59. The molecule has 26 heavy (non-hydrogen) atoms. The summed E-state index contributed by atoms with van der Waals surface area (Å²) in [5.74, 6) is 1.35. The van der Waals surface area contributed by atoms with Crippen LogP contribution < -0.4 is 20.1 Å². The molecule has 0 amide bonds. The quantitative estimate of drug-likeness (QED) is 0.210. The van der Waals surface area contributed by atoms with Crippen LogP contribution in [0.1, 0.15) is 19.4 Å². The summed E-state index contributed by atoms with van der Waals surface area (Å²) in [4.78, 5) is 4.15. The minimum absolute atomic E-state index is 0. The van der Waals surface area contributed by atoms with Gasteiger partial charge in [0.25, 0.3) is 0 Å². The third-order valence-electron chi connectivity index (χ3n) is 3.16. The lowest BCUT2D eigenvalue weighted by Crippen LogP contribution is -2.52. The molecule has 1 rings (SSSR count). The maximum atomic E-state index is 11.4. The molecule has 7 nitrogen and oxygen atoms in total. The molecule has 3 N–H and O–H groups in total. The minimum atomic E-state index is -3.28. The Hall–Kier alpha value is -1.33. The van der Waals surface area contributed by atoms with Crippen LogP contribution in [0.5, 0.6) is 5.75 Å². The second-order valence-corrected chi connectivity index (χ2v) is 7.99. The van der Waals surface area contributed by atoms with E-state index in [1.54, 1.807) is 27.0 Å². The number of ether oxygens (including phenoxy) is 1. The molecule has 1 aromatic rings. The van der Waals surface area contributed by atoms with E-state index in [1.807, 2.05) is 24.3 Å². The van der Waals surface area contributed by atoms with Gasteiger partial charge in [-0.1, -0.05) is 30.9 Å². The third kappa shape index (κ3) is 9.97. The van der Waals surface area contributed by atoms with Gasteiger partial charge in [-0.15, -0.1) is 24.0 Å². The Labute approximate surface area is 173 Å². The van der Waals surface area contributed by atoms with E-state index in [-0.39, 0.29) is 24.0 Å². The number of aliphatic imine (C=N–C) groups is 1. The van der Waals surface area contributed by atoms with Crippen molar-refractivity contribution < 1.29 is 13.2 Å². The topological polar surface area (TPSA) is 91.8 Å². The zero-order valence-electron chi connectivity index (χ0n) is 15.7. The molecular formula is C17H29IN4O3S. The summed E-state index contributed by atoms with van der Waals surface area (Å²) in [5.41, 5.74) is 0.344. The molecular weight excluding hydrogens is 467 g/mol. The zero-order valence-corrected chi connectivity index (χ0v) is 18.9. The van der Waals surface area contributed by atoms with Gasteiger partial charge in [-0.3, -0.25) is 4.99 Å². The van der Waals surface area contributed by atoms with Gasteiger partial charge in [0.05, 0.1) is 6.26 Å². The van der Waals surface area contributed by atoms with Crippen LogP contribution in [0.2, 0.25) is 0 Å². The van der Waals surface area contributed by atoms with E-state index in [0.29, 0.717) is 25.7 Å². The molecule has 0 bridgehead atoms. The van der Waals surface area contributed by atoms with Crippen molar-refractivity contribution in [3.05, 3.63) is 42.5 Å². The fourth-order valence-corrected chi connectivity index (χ4v) is 3.26. The van der Waals surface area contributed by atoms with E-state index >= 15 is 0 Å². The highest BCUT2D eigenvalue weighted by Crippen LogP contribution is 2.17. The summed E-state index contributed by atoms with van der Waals surface area (Å²) in [6, 6.07) is 7.71. The first-order valence-electron chi connectivity index (χ1n) is 7.92. The molecule has 1 aromatic carbocycles. The van der Waals surface area contributed by atoms with Gasteiger partial charge in [-0.25, -0.2) is 13.1 Å². The predicted octanol–water partition coefficient (Wildman–Crippen LogP) is 1.86. The number of hydrogen-bond acceptors (Lipinski definition) is 4. The normalized spacial score (nSPS) is 12.1. The molecule has 0 aromatic heterocycles. The van der Waals surface area contributed by atoms with Gasteiger partial charge in [0, 0.05) is 31.2 Å². The first-order chi connectivity index (χ1) is 11.7. The standard InChI is InChI=1S/C17H28N4O3S.HI/c1-6-11-24-15-10-8-7-9-14(15)12-19-16(18-4)20-13-17(2,3)21-25(5,22)23;/h6-10,21H,1,11-13H2,2-5H3,(H2,18,19,20);1H. The van der Waals surface area contributed by atoms with Crippen molar-refractivity contribution in [3.63, 3.8) is 0 Å². The van der Waals surface area contributed by atoms with Crippen LogP contribution in [-0.2, 0) is 16.6 Å². The number of nitrogens with one attached hydrogen (secondary N) is 3. The Kier molecular flexibility index (Phi) is 10.8. The first-order valence-corrected chi connectivity index (χ1v) is 9.81. The molecule has 0 atom stereocenters. The van der Waals surface area contributed by atoms with Gasteiger partial charge < -0.3 is 15.4 Å². The molecule has 0 aliphatic rings. The van der Waals surface area contributed by atoms with Crippen LogP contribution in [0.15, 0.2) is 41.9 Å². The third-order valence-corrected chi connectivity index (χ3v) is 4.08. The van der Waals surface area contributed by atoms with Crippen LogP contribution in [0, 0.1) is 0 Å². The second kappa shape index (κ2) is 11.4. The molecule has 0 radical (unpaired) electrons. The van der Waals surface area contributed by atoms with Gasteiger partial charge in [0.1, 0.15) is 12.4 Å².